The lowest BCUT2D eigenvalue weighted by molar-refractivity contribution is -0.157. The molecule has 5 N–H and O–H groups in total. The largest absolute Gasteiger partial charge is 0.491 e. The van der Waals surface area contributed by atoms with Crippen LogP contribution >= 0.6 is 0 Å². The Hall–Kier alpha value is -6.00. The van der Waals surface area contributed by atoms with Gasteiger partial charge in [-0.15, -0.1) is 0 Å². The molecule has 0 aliphatic carbocycles. The maximum Gasteiger partial charge on any atom is 0.351 e. The SMILES string of the molecule is CC(C)C[C@H](NC(=O)[C@H](Cc1ccccc1)NC(=O)CNC(=O)c1ccc(OCC2CO2)cc1)C(=O)NCC(=O)ONC(=O)Cc1ccc(OCC2CO2)cc1. The van der Waals surface area contributed by atoms with Gasteiger partial charge >= 0.3 is 5.97 Å². The van der Waals surface area contributed by atoms with Gasteiger partial charge < -0.3 is 45.1 Å². The number of carbonyl (C=O) groups excluding carboxylic acids is 6. The van der Waals surface area contributed by atoms with Crippen LogP contribution in [0.4, 0.5) is 0 Å². The monoisotopic (exact) mass is 773 g/mol. The van der Waals surface area contributed by atoms with Gasteiger partial charge in [-0.05, 0) is 59.9 Å². The topological polar surface area (TPSA) is 215 Å². The Kier molecular flexibility index (Phi) is 15.2. The first-order chi connectivity index (χ1) is 27.0. The van der Waals surface area contributed by atoms with Crippen LogP contribution in [0.1, 0.15) is 41.8 Å². The molecule has 2 unspecified atom stereocenters. The Bertz CT molecular complexity index is 1800. The Morgan fingerprint density at radius 3 is 1.88 bits per heavy atom. The molecule has 5 rings (SSSR count). The van der Waals surface area contributed by atoms with Crippen LogP contribution in [0.2, 0.25) is 0 Å². The van der Waals surface area contributed by atoms with Gasteiger partial charge in [-0.3, -0.25) is 24.0 Å². The number of rotatable bonds is 21. The van der Waals surface area contributed by atoms with Crippen molar-refractivity contribution in [3.8, 4) is 11.5 Å². The molecule has 2 fully saturated rings. The molecule has 0 saturated carbocycles. The number of benzene rings is 3. The summed E-state index contributed by atoms with van der Waals surface area (Å²) >= 11 is 0. The zero-order valence-electron chi connectivity index (χ0n) is 31.2. The smallest absolute Gasteiger partial charge is 0.351 e. The Labute approximate surface area is 324 Å². The molecular formula is C40H47N5O11. The van der Waals surface area contributed by atoms with Gasteiger partial charge in [-0.2, -0.15) is 5.48 Å². The van der Waals surface area contributed by atoms with Crippen molar-refractivity contribution >= 4 is 35.5 Å². The number of ether oxygens (including phenoxy) is 4. The molecule has 0 aromatic heterocycles. The number of hydroxylamine groups is 1. The Morgan fingerprint density at radius 2 is 1.29 bits per heavy atom. The number of epoxide rings is 2. The summed E-state index contributed by atoms with van der Waals surface area (Å²) in [4.78, 5) is 82.2. The fourth-order valence-electron chi connectivity index (χ4n) is 5.31. The van der Waals surface area contributed by atoms with Crippen LogP contribution in [0, 0.1) is 5.92 Å². The summed E-state index contributed by atoms with van der Waals surface area (Å²) in [5, 5.41) is 10.4. The van der Waals surface area contributed by atoms with Crippen molar-refractivity contribution in [1.29, 1.82) is 0 Å². The van der Waals surface area contributed by atoms with Crippen LogP contribution in [-0.2, 0) is 51.1 Å². The summed E-state index contributed by atoms with van der Waals surface area (Å²) in [5.74, 6) is -2.78. The molecular weight excluding hydrogens is 726 g/mol. The zero-order valence-corrected chi connectivity index (χ0v) is 31.2. The van der Waals surface area contributed by atoms with Crippen molar-refractivity contribution in [2.75, 3.05) is 39.5 Å². The van der Waals surface area contributed by atoms with E-state index < -0.39 is 60.7 Å². The van der Waals surface area contributed by atoms with Gasteiger partial charge in [0.05, 0.1) is 26.2 Å². The van der Waals surface area contributed by atoms with Crippen LogP contribution in [0.25, 0.3) is 0 Å². The highest BCUT2D eigenvalue weighted by Gasteiger charge is 2.29. The molecule has 2 aliphatic heterocycles. The minimum atomic E-state index is -1.11. The molecule has 2 aliphatic rings. The van der Waals surface area contributed by atoms with E-state index in [4.69, 9.17) is 23.8 Å². The lowest BCUT2D eigenvalue weighted by Gasteiger charge is -2.24. The van der Waals surface area contributed by atoms with E-state index in [0.717, 1.165) is 5.56 Å². The van der Waals surface area contributed by atoms with E-state index in [1.807, 2.05) is 19.9 Å². The third-order valence-electron chi connectivity index (χ3n) is 8.45. The highest BCUT2D eigenvalue weighted by molar-refractivity contribution is 5.97. The van der Waals surface area contributed by atoms with Gasteiger partial charge in [0.2, 0.25) is 17.7 Å². The van der Waals surface area contributed by atoms with Crippen molar-refractivity contribution in [2.45, 2.75) is 57.4 Å². The van der Waals surface area contributed by atoms with E-state index >= 15 is 0 Å². The standard InChI is InChI=1S/C40H47N5O11/c1-25(2)16-33(39(50)42-20-37(48)56-45-35(46)18-27-8-12-29(13-9-27)52-21-31-23-54-31)44-40(51)34(17-26-6-4-3-5-7-26)43-36(47)19-41-38(49)28-10-14-30(15-11-28)53-22-32-24-55-32/h3-15,25,31-34H,16-24H2,1-2H3,(H,41,49)(H,42,50)(H,43,47)(H,44,51)(H,45,46)/t31?,32?,33-,34-/m0/s1. The summed E-state index contributed by atoms with van der Waals surface area (Å²) in [6, 6.07) is 20.1. The molecule has 56 heavy (non-hydrogen) atoms. The average molecular weight is 774 g/mol. The summed E-state index contributed by atoms with van der Waals surface area (Å²) in [6.45, 7) is 4.94. The molecule has 298 valence electrons. The highest BCUT2D eigenvalue weighted by atomic mass is 16.7. The number of hydrogen-bond acceptors (Lipinski definition) is 11. The number of nitrogens with one attached hydrogen (secondary N) is 5. The van der Waals surface area contributed by atoms with Gasteiger partial charge in [0.25, 0.3) is 11.8 Å². The molecule has 4 atom stereocenters. The van der Waals surface area contributed by atoms with Gasteiger partial charge in [0.1, 0.15) is 55.5 Å². The third kappa shape index (κ3) is 14.7. The number of amides is 5. The van der Waals surface area contributed by atoms with E-state index in [2.05, 4.69) is 26.7 Å². The fraction of sp³-hybridized carbons (Fsp3) is 0.400. The Balaban J connectivity index is 1.08. The van der Waals surface area contributed by atoms with E-state index in [0.29, 0.717) is 49.1 Å². The van der Waals surface area contributed by atoms with Crippen molar-refractivity contribution in [3.05, 3.63) is 95.6 Å². The van der Waals surface area contributed by atoms with E-state index in [1.165, 1.54) is 0 Å². The molecule has 0 bridgehead atoms. The van der Waals surface area contributed by atoms with Crippen LogP contribution in [0.15, 0.2) is 78.9 Å². The minimum Gasteiger partial charge on any atom is -0.491 e. The molecule has 0 radical (unpaired) electrons. The predicted octanol–water partition coefficient (Wildman–Crippen LogP) is 1.16. The van der Waals surface area contributed by atoms with Crippen LogP contribution in [-0.4, -0.2) is 99.3 Å². The molecule has 5 amide bonds. The van der Waals surface area contributed by atoms with Crippen molar-refractivity contribution < 1.29 is 52.6 Å². The summed E-state index contributed by atoms with van der Waals surface area (Å²) in [7, 11) is 0. The van der Waals surface area contributed by atoms with Gasteiger partial charge in [-0.25, -0.2) is 4.79 Å². The van der Waals surface area contributed by atoms with Crippen LogP contribution in [0.3, 0.4) is 0 Å². The second-order valence-electron chi connectivity index (χ2n) is 13.8. The third-order valence-corrected chi connectivity index (χ3v) is 8.45. The first kappa shape index (κ1) is 41.2. The lowest BCUT2D eigenvalue weighted by Crippen LogP contribution is -2.56. The molecule has 16 nitrogen and oxygen atoms in total. The highest BCUT2D eigenvalue weighted by Crippen LogP contribution is 2.17. The second kappa shape index (κ2) is 20.6. The number of hydrogen-bond donors (Lipinski definition) is 5. The number of carbonyl (C=O) groups is 6. The second-order valence-corrected chi connectivity index (χ2v) is 13.8. The van der Waals surface area contributed by atoms with E-state index in [1.54, 1.807) is 72.8 Å². The quantitative estimate of drug-likeness (QED) is 0.0765. The maximum absolute atomic E-state index is 13.7. The normalized spacial score (nSPS) is 16.3. The van der Waals surface area contributed by atoms with Gasteiger partial charge in [0, 0.05) is 12.0 Å². The fourth-order valence-corrected chi connectivity index (χ4v) is 5.31. The van der Waals surface area contributed by atoms with E-state index in [-0.39, 0.29) is 37.4 Å². The van der Waals surface area contributed by atoms with E-state index in [9.17, 15) is 28.8 Å². The van der Waals surface area contributed by atoms with Gasteiger partial charge in [0.15, 0.2) is 0 Å². The predicted molar refractivity (Wildman–Crippen MR) is 200 cm³/mol. The van der Waals surface area contributed by atoms with Crippen LogP contribution in [0.5, 0.6) is 11.5 Å². The molecule has 2 saturated heterocycles. The lowest BCUT2D eigenvalue weighted by atomic mass is 10.0. The molecule has 16 heteroatoms. The summed E-state index contributed by atoms with van der Waals surface area (Å²) < 4.78 is 21.4. The average Bonchev–Trinajstić information content (AvgIpc) is 4.14. The van der Waals surface area contributed by atoms with Gasteiger partial charge in [-0.1, -0.05) is 56.3 Å². The minimum absolute atomic E-state index is 0.0460. The molecule has 0 spiro atoms. The van der Waals surface area contributed by atoms with Crippen LogP contribution < -0.4 is 36.2 Å². The van der Waals surface area contributed by atoms with Crippen molar-refractivity contribution in [1.82, 2.24) is 26.7 Å². The first-order valence-corrected chi connectivity index (χ1v) is 18.4. The summed E-state index contributed by atoms with van der Waals surface area (Å²) in [6.07, 6.45) is 0.449. The zero-order chi connectivity index (χ0) is 39.9. The maximum atomic E-state index is 13.7. The van der Waals surface area contributed by atoms with Crippen molar-refractivity contribution in [2.24, 2.45) is 5.92 Å². The van der Waals surface area contributed by atoms with Crippen molar-refractivity contribution in [3.63, 3.8) is 0 Å². The summed E-state index contributed by atoms with van der Waals surface area (Å²) in [5.41, 5.74) is 3.79. The molecule has 3 aromatic carbocycles. The first-order valence-electron chi connectivity index (χ1n) is 18.4. The Morgan fingerprint density at radius 1 is 0.679 bits per heavy atom. The molecule has 3 aromatic rings. The molecule has 2 heterocycles.